The maximum atomic E-state index is 5.60. The third-order valence-corrected chi connectivity index (χ3v) is 6.40. The van der Waals surface area contributed by atoms with Crippen LogP contribution >= 0.6 is 0 Å². The van der Waals surface area contributed by atoms with E-state index >= 15 is 0 Å². The van der Waals surface area contributed by atoms with Crippen molar-refractivity contribution in [1.82, 2.24) is 15.5 Å². The second-order valence-electron chi connectivity index (χ2n) is 8.14. The normalized spacial score (nSPS) is 43.6. The summed E-state index contributed by atoms with van der Waals surface area (Å²) in [5.74, 6) is 4.55. The van der Waals surface area contributed by atoms with E-state index in [1.165, 1.54) is 38.5 Å². The highest BCUT2D eigenvalue weighted by Crippen LogP contribution is 2.60. The third-order valence-electron chi connectivity index (χ3n) is 6.40. The summed E-state index contributed by atoms with van der Waals surface area (Å²) in [5, 5.41) is 7.88. The fourth-order valence-corrected chi connectivity index (χ4v) is 5.90. The van der Waals surface area contributed by atoms with Crippen molar-refractivity contribution in [2.24, 2.45) is 17.8 Å². The zero-order chi connectivity index (χ0) is 14.6. The Morgan fingerprint density at radius 3 is 2.45 bits per heavy atom. The van der Waals surface area contributed by atoms with Crippen LogP contribution in [0.1, 0.15) is 50.2 Å². The van der Waals surface area contributed by atoms with Gasteiger partial charge in [-0.2, -0.15) is 4.98 Å². The molecule has 0 radical (unpaired) electrons. The second kappa shape index (κ2) is 5.03. The first-order chi connectivity index (χ1) is 10.8. The van der Waals surface area contributed by atoms with Crippen molar-refractivity contribution < 1.29 is 9.26 Å². The lowest BCUT2D eigenvalue weighted by Crippen LogP contribution is -2.49. The van der Waals surface area contributed by atoms with Gasteiger partial charge in [0.15, 0.2) is 5.82 Å². The summed E-state index contributed by atoms with van der Waals surface area (Å²) in [6, 6.07) is 0.318. The molecular weight excluding hydrogens is 278 g/mol. The van der Waals surface area contributed by atoms with Gasteiger partial charge in [0.25, 0.3) is 0 Å². The molecule has 0 spiro atoms. The van der Waals surface area contributed by atoms with Crippen LogP contribution in [0.25, 0.3) is 0 Å². The SMILES string of the molecule is C1COCC(Cc2nc(C34CC5CC(CC(C5)C3)C4)no2)N1. The van der Waals surface area contributed by atoms with Gasteiger partial charge in [-0.1, -0.05) is 5.16 Å². The molecule has 5 heteroatoms. The van der Waals surface area contributed by atoms with Gasteiger partial charge in [0.05, 0.1) is 13.2 Å². The minimum Gasteiger partial charge on any atom is -0.378 e. The first-order valence-electron chi connectivity index (χ1n) is 8.93. The number of aromatic nitrogens is 2. The summed E-state index contributed by atoms with van der Waals surface area (Å²) in [4.78, 5) is 4.82. The Morgan fingerprint density at radius 2 is 1.82 bits per heavy atom. The van der Waals surface area contributed by atoms with Gasteiger partial charge in [-0.25, -0.2) is 0 Å². The fourth-order valence-electron chi connectivity index (χ4n) is 5.90. The first-order valence-corrected chi connectivity index (χ1v) is 8.93. The summed E-state index contributed by atoms with van der Waals surface area (Å²) in [7, 11) is 0. The predicted octanol–water partition coefficient (Wildman–Crippen LogP) is 2.07. The van der Waals surface area contributed by atoms with Crippen LogP contribution in [0.4, 0.5) is 0 Å². The number of hydrogen-bond acceptors (Lipinski definition) is 5. The van der Waals surface area contributed by atoms with Crippen LogP contribution in [0.2, 0.25) is 0 Å². The average molecular weight is 303 g/mol. The van der Waals surface area contributed by atoms with Crippen LogP contribution in [0.15, 0.2) is 4.52 Å². The van der Waals surface area contributed by atoms with Gasteiger partial charge in [-0.05, 0) is 56.3 Å². The molecule has 4 saturated carbocycles. The summed E-state index contributed by atoms with van der Waals surface area (Å²) >= 11 is 0. The highest BCUT2D eigenvalue weighted by molar-refractivity contribution is 5.16. The molecule has 5 nitrogen and oxygen atoms in total. The number of rotatable bonds is 3. The first kappa shape index (κ1) is 13.5. The molecule has 1 aliphatic heterocycles. The number of morpholine rings is 1. The van der Waals surface area contributed by atoms with Gasteiger partial charge in [-0.15, -0.1) is 0 Å². The highest BCUT2D eigenvalue weighted by atomic mass is 16.5. The molecule has 4 bridgehead atoms. The van der Waals surface area contributed by atoms with Crippen LogP contribution < -0.4 is 5.32 Å². The molecule has 0 amide bonds. The molecular formula is C17H25N3O2. The molecule has 0 aromatic carbocycles. The number of nitrogens with zero attached hydrogens (tertiary/aromatic N) is 2. The van der Waals surface area contributed by atoms with Gasteiger partial charge < -0.3 is 14.6 Å². The Hall–Kier alpha value is -0.940. The minimum absolute atomic E-state index is 0.243. The number of ether oxygens (including phenoxy) is 1. The van der Waals surface area contributed by atoms with Crippen molar-refractivity contribution >= 4 is 0 Å². The fraction of sp³-hybridized carbons (Fsp3) is 0.882. The molecule has 5 fully saturated rings. The second-order valence-corrected chi connectivity index (χ2v) is 8.14. The van der Waals surface area contributed by atoms with Crippen molar-refractivity contribution in [3.05, 3.63) is 11.7 Å². The van der Waals surface area contributed by atoms with Crippen molar-refractivity contribution in [2.75, 3.05) is 19.8 Å². The third kappa shape index (κ3) is 2.21. The molecule has 1 aromatic rings. The number of hydrogen-bond donors (Lipinski definition) is 1. The van der Waals surface area contributed by atoms with Gasteiger partial charge in [0.1, 0.15) is 0 Å². The largest absolute Gasteiger partial charge is 0.378 e. The van der Waals surface area contributed by atoms with Crippen molar-refractivity contribution in [2.45, 2.75) is 56.4 Å². The van der Waals surface area contributed by atoms with Crippen molar-refractivity contribution in [3.8, 4) is 0 Å². The molecule has 4 aliphatic carbocycles. The van der Waals surface area contributed by atoms with E-state index in [1.807, 2.05) is 0 Å². The topological polar surface area (TPSA) is 60.2 Å². The molecule has 1 saturated heterocycles. The van der Waals surface area contributed by atoms with Crippen molar-refractivity contribution in [3.63, 3.8) is 0 Å². The Morgan fingerprint density at radius 1 is 1.09 bits per heavy atom. The van der Waals surface area contributed by atoms with E-state index in [0.29, 0.717) is 6.04 Å². The maximum absolute atomic E-state index is 5.60. The Labute approximate surface area is 131 Å². The van der Waals surface area contributed by atoms with E-state index < -0.39 is 0 Å². The molecule has 1 atom stereocenters. The Kier molecular flexibility index (Phi) is 3.09. The Bertz CT molecular complexity index is 515. The van der Waals surface area contributed by atoms with Gasteiger partial charge in [-0.3, -0.25) is 0 Å². The molecule has 22 heavy (non-hydrogen) atoms. The van der Waals surface area contributed by atoms with Gasteiger partial charge in [0.2, 0.25) is 5.89 Å². The van der Waals surface area contributed by atoms with E-state index in [-0.39, 0.29) is 5.41 Å². The summed E-state index contributed by atoms with van der Waals surface area (Å²) < 4.78 is 11.1. The smallest absolute Gasteiger partial charge is 0.228 e. The molecule has 6 rings (SSSR count). The van der Waals surface area contributed by atoms with Gasteiger partial charge >= 0.3 is 0 Å². The zero-order valence-corrected chi connectivity index (χ0v) is 13.1. The van der Waals surface area contributed by atoms with Crippen LogP contribution in [0, 0.1) is 17.8 Å². The summed E-state index contributed by atoms with van der Waals surface area (Å²) in [5.41, 5.74) is 0.243. The van der Waals surface area contributed by atoms with Gasteiger partial charge in [0, 0.05) is 24.4 Å². The summed E-state index contributed by atoms with van der Waals surface area (Å²) in [6.45, 7) is 2.47. The van der Waals surface area contributed by atoms with E-state index in [2.05, 4.69) is 10.5 Å². The number of nitrogens with one attached hydrogen (secondary N) is 1. The molecule has 5 aliphatic rings. The van der Waals surface area contributed by atoms with E-state index in [4.69, 9.17) is 14.2 Å². The quantitative estimate of drug-likeness (QED) is 0.926. The maximum Gasteiger partial charge on any atom is 0.228 e. The lowest BCUT2D eigenvalue weighted by Gasteiger charge is -2.55. The molecule has 1 aromatic heterocycles. The van der Waals surface area contributed by atoms with Crippen LogP contribution in [-0.4, -0.2) is 35.9 Å². The molecule has 120 valence electrons. The Balaban J connectivity index is 1.35. The zero-order valence-electron chi connectivity index (χ0n) is 13.1. The lowest BCUT2D eigenvalue weighted by molar-refractivity contribution is -0.0103. The van der Waals surface area contributed by atoms with Crippen LogP contribution in [0.3, 0.4) is 0 Å². The molecule has 1 N–H and O–H groups in total. The van der Waals surface area contributed by atoms with Crippen LogP contribution in [0.5, 0.6) is 0 Å². The average Bonchev–Trinajstić information content (AvgIpc) is 2.96. The standard InChI is InChI=1S/C17H25N3O2/c1-2-21-10-14(18-1)6-15-19-16(20-22-15)17-7-11-3-12(8-17)5-13(4-11)9-17/h11-14,18H,1-10H2. The van der Waals surface area contributed by atoms with Crippen molar-refractivity contribution in [1.29, 1.82) is 0 Å². The van der Waals surface area contributed by atoms with E-state index in [1.54, 1.807) is 0 Å². The molecule has 2 heterocycles. The lowest BCUT2D eigenvalue weighted by atomic mass is 9.49. The van der Waals surface area contributed by atoms with E-state index in [9.17, 15) is 0 Å². The van der Waals surface area contributed by atoms with E-state index in [0.717, 1.165) is 55.6 Å². The van der Waals surface area contributed by atoms with Crippen LogP contribution in [-0.2, 0) is 16.6 Å². The predicted molar refractivity (Wildman–Crippen MR) is 80.5 cm³/mol. The molecule has 1 unspecified atom stereocenters. The minimum atomic E-state index is 0.243. The monoisotopic (exact) mass is 303 g/mol. The summed E-state index contributed by atoms with van der Waals surface area (Å²) in [6.07, 6.45) is 9.03. The highest BCUT2D eigenvalue weighted by Gasteiger charge is 2.53.